The Morgan fingerprint density at radius 1 is 1.27 bits per heavy atom. The molecular formula is C20H22ClN3O4S2. The van der Waals surface area contributed by atoms with Gasteiger partial charge in [0.25, 0.3) is 0 Å². The Labute approximate surface area is 187 Å². The normalized spacial score (nSPS) is 12.3. The van der Waals surface area contributed by atoms with Gasteiger partial charge in [0.2, 0.25) is 5.91 Å². The van der Waals surface area contributed by atoms with Gasteiger partial charge in [0.1, 0.15) is 17.3 Å². The van der Waals surface area contributed by atoms with E-state index in [1.807, 2.05) is 18.2 Å². The van der Waals surface area contributed by atoms with Crippen LogP contribution in [0, 0.1) is 5.41 Å². The predicted octanol–water partition coefficient (Wildman–Crippen LogP) is 3.98. The zero-order valence-corrected chi connectivity index (χ0v) is 19.0. The van der Waals surface area contributed by atoms with Crippen LogP contribution in [-0.4, -0.2) is 30.2 Å². The van der Waals surface area contributed by atoms with Gasteiger partial charge in [0.15, 0.2) is 4.80 Å². The topological polar surface area (TPSA) is 93.4 Å². The van der Waals surface area contributed by atoms with Crippen LogP contribution in [0.1, 0.15) is 34.1 Å². The van der Waals surface area contributed by atoms with E-state index < -0.39 is 0 Å². The number of hydrogen-bond donors (Lipinski definition) is 2. The minimum atomic E-state index is -0.385. The molecule has 0 saturated heterocycles. The number of esters is 1. The van der Waals surface area contributed by atoms with Crippen LogP contribution in [0.5, 0.6) is 5.75 Å². The first-order valence-corrected chi connectivity index (χ1v) is 11.0. The molecule has 0 unspecified atom stereocenters. The Bertz CT molecular complexity index is 1160. The average Bonchev–Trinajstić information content (AvgIpc) is 3.34. The molecule has 0 bridgehead atoms. The maximum absolute atomic E-state index is 12.8. The number of methoxy groups -OCH3 is 1. The molecule has 0 atom stereocenters. The number of nitrogens with one attached hydrogen (secondary N) is 2. The highest BCUT2D eigenvalue weighted by Gasteiger charge is 2.28. The Morgan fingerprint density at radius 2 is 2.07 bits per heavy atom. The molecule has 30 heavy (non-hydrogen) atoms. The van der Waals surface area contributed by atoms with Gasteiger partial charge in [-0.1, -0.05) is 11.3 Å². The summed E-state index contributed by atoms with van der Waals surface area (Å²) in [6.07, 6.45) is 2.77. The summed E-state index contributed by atoms with van der Waals surface area (Å²) in [6, 6.07) is 5.51. The monoisotopic (exact) mass is 467 g/mol. The predicted molar refractivity (Wildman–Crippen MR) is 120 cm³/mol. The zero-order chi connectivity index (χ0) is 20.5. The van der Waals surface area contributed by atoms with Gasteiger partial charge in [-0.2, -0.15) is 0 Å². The molecular weight excluding hydrogens is 446 g/mol. The molecule has 1 aliphatic carbocycles. The van der Waals surface area contributed by atoms with E-state index in [0.29, 0.717) is 22.9 Å². The summed E-state index contributed by atoms with van der Waals surface area (Å²) >= 11 is 2.74. The molecule has 2 N–H and O–H groups in total. The first kappa shape index (κ1) is 22.3. The number of thiazole rings is 1. The number of aryl methyl sites for hydroxylation is 1. The number of halogens is 1. The number of rotatable bonds is 6. The van der Waals surface area contributed by atoms with Crippen LogP contribution in [0.15, 0.2) is 18.2 Å². The van der Waals surface area contributed by atoms with E-state index in [1.54, 1.807) is 18.6 Å². The molecule has 10 heteroatoms. The number of nitrogens with zero attached hydrogens (tertiary/aromatic N) is 1. The number of aromatic nitrogens is 1. The molecule has 0 aliphatic heterocycles. The Hall–Kier alpha value is -2.36. The molecule has 0 spiro atoms. The lowest BCUT2D eigenvalue weighted by molar-refractivity contribution is -0.116. The maximum Gasteiger partial charge on any atom is 0.341 e. The van der Waals surface area contributed by atoms with Gasteiger partial charge >= 0.3 is 5.97 Å². The van der Waals surface area contributed by atoms with E-state index in [9.17, 15) is 9.59 Å². The molecule has 0 radical (unpaired) electrons. The van der Waals surface area contributed by atoms with Crippen LogP contribution in [-0.2, 0) is 28.9 Å². The Kier molecular flexibility index (Phi) is 6.84. The zero-order valence-electron chi connectivity index (χ0n) is 16.6. The number of anilines is 1. The van der Waals surface area contributed by atoms with Crippen LogP contribution in [0.4, 0.5) is 5.00 Å². The highest BCUT2D eigenvalue weighted by atomic mass is 35.5. The van der Waals surface area contributed by atoms with Crippen molar-refractivity contribution in [3.05, 3.63) is 39.0 Å². The molecule has 0 fully saturated rings. The van der Waals surface area contributed by atoms with Gasteiger partial charge in [0.05, 0.1) is 29.5 Å². The van der Waals surface area contributed by atoms with Gasteiger partial charge < -0.3 is 19.4 Å². The van der Waals surface area contributed by atoms with Crippen LogP contribution in [0.25, 0.3) is 10.2 Å². The number of carbonyl (C=O) groups is 2. The van der Waals surface area contributed by atoms with Gasteiger partial charge in [0, 0.05) is 4.88 Å². The molecule has 1 amide bonds. The fourth-order valence-electron chi connectivity index (χ4n) is 3.57. The average molecular weight is 468 g/mol. The van der Waals surface area contributed by atoms with E-state index >= 15 is 0 Å². The highest BCUT2D eigenvalue weighted by Crippen LogP contribution is 2.39. The van der Waals surface area contributed by atoms with Crippen molar-refractivity contribution in [1.82, 2.24) is 4.57 Å². The quantitative estimate of drug-likeness (QED) is 0.536. The van der Waals surface area contributed by atoms with E-state index in [4.69, 9.17) is 14.9 Å². The van der Waals surface area contributed by atoms with Crippen molar-refractivity contribution < 1.29 is 19.1 Å². The third-order valence-electron chi connectivity index (χ3n) is 4.87. The van der Waals surface area contributed by atoms with E-state index in [1.165, 1.54) is 22.7 Å². The smallest absolute Gasteiger partial charge is 0.341 e. The van der Waals surface area contributed by atoms with E-state index in [2.05, 4.69) is 5.32 Å². The number of thiophene rings is 1. The number of benzene rings is 1. The van der Waals surface area contributed by atoms with Crippen molar-refractivity contribution in [1.29, 1.82) is 5.41 Å². The molecule has 7 nitrogen and oxygen atoms in total. The summed E-state index contributed by atoms with van der Waals surface area (Å²) < 4.78 is 13.0. The summed E-state index contributed by atoms with van der Waals surface area (Å²) in [5.41, 5.74) is 2.30. The molecule has 2 heterocycles. The fourth-order valence-corrected chi connectivity index (χ4v) is 5.81. The minimum absolute atomic E-state index is 0. The van der Waals surface area contributed by atoms with Gasteiger partial charge in [-0.15, -0.1) is 23.7 Å². The molecule has 2 aromatic heterocycles. The number of ether oxygens (including phenoxy) is 2. The van der Waals surface area contributed by atoms with E-state index in [-0.39, 0.29) is 35.6 Å². The lowest BCUT2D eigenvalue weighted by Crippen LogP contribution is -2.24. The van der Waals surface area contributed by atoms with Gasteiger partial charge in [-0.3, -0.25) is 10.2 Å². The standard InChI is InChI=1S/C20H21N3O4S2.ClH/c1-3-27-19(25)17-12-5-4-6-14(12)28-18(17)22-16(24)10-23-13-8-7-11(26-2)9-15(13)29-20(23)21;/h7-9,21H,3-6,10H2,1-2H3,(H,22,24);1H. The molecule has 1 aliphatic rings. The third-order valence-corrected chi connectivity index (χ3v) is 7.03. The van der Waals surface area contributed by atoms with Crippen molar-refractivity contribution in [3.8, 4) is 5.75 Å². The summed E-state index contributed by atoms with van der Waals surface area (Å²) in [5, 5.41) is 11.7. The first-order chi connectivity index (χ1) is 14.0. The largest absolute Gasteiger partial charge is 0.497 e. The first-order valence-electron chi connectivity index (χ1n) is 9.35. The minimum Gasteiger partial charge on any atom is -0.497 e. The number of fused-ring (bicyclic) bond motifs is 2. The molecule has 3 aromatic rings. The van der Waals surface area contributed by atoms with Crippen molar-refractivity contribution in [3.63, 3.8) is 0 Å². The Morgan fingerprint density at radius 3 is 2.80 bits per heavy atom. The van der Waals surface area contributed by atoms with Gasteiger partial charge in [-0.25, -0.2) is 4.79 Å². The van der Waals surface area contributed by atoms with Crippen LogP contribution >= 0.6 is 35.1 Å². The van der Waals surface area contributed by atoms with Crippen molar-refractivity contribution in [2.75, 3.05) is 19.0 Å². The Balaban J connectivity index is 0.00000256. The summed E-state index contributed by atoms with van der Waals surface area (Å²) in [7, 11) is 1.59. The number of amides is 1. The molecule has 4 rings (SSSR count). The molecule has 160 valence electrons. The summed E-state index contributed by atoms with van der Waals surface area (Å²) in [6.45, 7) is 2.06. The van der Waals surface area contributed by atoms with Crippen molar-refractivity contribution in [2.45, 2.75) is 32.7 Å². The maximum atomic E-state index is 12.8. The molecule has 0 saturated carbocycles. The second kappa shape index (κ2) is 9.20. The second-order valence-corrected chi connectivity index (χ2v) is 8.79. The van der Waals surface area contributed by atoms with Gasteiger partial charge in [-0.05, 0) is 49.9 Å². The fraction of sp³-hybridized carbons (Fsp3) is 0.350. The lowest BCUT2D eigenvalue weighted by Gasteiger charge is -2.09. The SMILES string of the molecule is CCOC(=O)c1c(NC(=O)Cn2c(=N)sc3cc(OC)ccc32)sc2c1CCC2.Cl. The summed E-state index contributed by atoms with van der Waals surface area (Å²) in [5.74, 6) is 0.0520. The highest BCUT2D eigenvalue weighted by molar-refractivity contribution is 7.17. The number of hydrogen-bond acceptors (Lipinski definition) is 7. The van der Waals surface area contributed by atoms with Crippen LogP contribution in [0.3, 0.4) is 0 Å². The number of carbonyl (C=O) groups excluding carboxylic acids is 2. The van der Waals surface area contributed by atoms with Crippen molar-refractivity contribution in [2.24, 2.45) is 0 Å². The van der Waals surface area contributed by atoms with E-state index in [0.717, 1.165) is 39.9 Å². The molecule has 1 aromatic carbocycles. The van der Waals surface area contributed by atoms with Crippen LogP contribution < -0.4 is 14.9 Å². The second-order valence-electron chi connectivity index (χ2n) is 6.66. The van der Waals surface area contributed by atoms with Crippen molar-refractivity contribution >= 4 is 62.2 Å². The third kappa shape index (κ3) is 4.10. The lowest BCUT2D eigenvalue weighted by atomic mass is 10.1. The summed E-state index contributed by atoms with van der Waals surface area (Å²) in [4.78, 5) is 26.7. The van der Waals surface area contributed by atoms with Crippen LogP contribution in [0.2, 0.25) is 0 Å².